The number of thiazole rings is 1. The zero-order valence-electron chi connectivity index (χ0n) is 26.1. The fourth-order valence-electron chi connectivity index (χ4n) is 5.77. The van der Waals surface area contributed by atoms with Gasteiger partial charge in [-0.3, -0.25) is 9.36 Å². The Labute approximate surface area is 270 Å². The molecule has 238 valence electrons. The van der Waals surface area contributed by atoms with Gasteiger partial charge in [0.05, 0.1) is 57.0 Å². The van der Waals surface area contributed by atoms with E-state index in [2.05, 4.69) is 4.90 Å². The van der Waals surface area contributed by atoms with Gasteiger partial charge in [-0.15, -0.1) is 0 Å². The van der Waals surface area contributed by atoms with Crippen molar-refractivity contribution in [2.24, 2.45) is 4.99 Å². The van der Waals surface area contributed by atoms with Crippen LogP contribution in [-0.4, -0.2) is 64.8 Å². The lowest BCUT2D eigenvalue weighted by Crippen LogP contribution is -2.40. The molecule has 6 rings (SSSR count). The fourth-order valence-corrected chi connectivity index (χ4v) is 6.76. The molecule has 11 heteroatoms. The third-order valence-electron chi connectivity index (χ3n) is 7.99. The Kier molecular flexibility index (Phi) is 9.23. The van der Waals surface area contributed by atoms with E-state index in [4.69, 9.17) is 28.7 Å². The highest BCUT2D eigenvalue weighted by molar-refractivity contribution is 7.07. The molecule has 3 aromatic carbocycles. The lowest BCUT2D eigenvalue weighted by Gasteiger charge is -2.29. The molecule has 2 aliphatic heterocycles. The van der Waals surface area contributed by atoms with Crippen LogP contribution in [0, 0.1) is 0 Å². The van der Waals surface area contributed by atoms with Crippen LogP contribution in [-0.2, 0) is 14.3 Å². The van der Waals surface area contributed by atoms with Crippen LogP contribution in [0.5, 0.6) is 17.2 Å². The van der Waals surface area contributed by atoms with Gasteiger partial charge in [-0.25, -0.2) is 9.79 Å². The number of carbonyl (C=O) groups is 1. The molecule has 0 saturated carbocycles. The summed E-state index contributed by atoms with van der Waals surface area (Å²) < 4.78 is 30.2. The Morgan fingerprint density at radius 3 is 2.43 bits per heavy atom. The van der Waals surface area contributed by atoms with E-state index in [0.29, 0.717) is 51.1 Å². The van der Waals surface area contributed by atoms with Crippen LogP contribution in [0.3, 0.4) is 0 Å². The zero-order valence-corrected chi connectivity index (χ0v) is 27.0. The number of methoxy groups -OCH3 is 3. The minimum Gasteiger partial charge on any atom is -0.497 e. The highest BCUT2D eigenvalue weighted by Gasteiger charge is 2.37. The summed E-state index contributed by atoms with van der Waals surface area (Å²) in [5.74, 6) is 1.09. The van der Waals surface area contributed by atoms with Crippen LogP contribution in [0.25, 0.3) is 11.8 Å². The molecule has 1 atom stereocenters. The molecular weight excluding hydrogens is 606 g/mol. The number of nitrogens with zero attached hydrogens (tertiary/aromatic N) is 3. The van der Waals surface area contributed by atoms with E-state index in [0.717, 1.165) is 29.9 Å². The van der Waals surface area contributed by atoms with Crippen LogP contribution in [0.15, 0.2) is 82.1 Å². The van der Waals surface area contributed by atoms with E-state index in [9.17, 15) is 9.59 Å². The molecule has 0 amide bonds. The van der Waals surface area contributed by atoms with Crippen LogP contribution in [0.4, 0.5) is 5.69 Å². The largest absolute Gasteiger partial charge is 0.497 e. The van der Waals surface area contributed by atoms with E-state index < -0.39 is 12.0 Å². The molecule has 0 aliphatic carbocycles. The quantitative estimate of drug-likeness (QED) is 0.255. The number of morpholine rings is 1. The number of anilines is 1. The van der Waals surface area contributed by atoms with Crippen molar-refractivity contribution in [2.75, 3.05) is 59.1 Å². The van der Waals surface area contributed by atoms with Crippen molar-refractivity contribution < 1.29 is 28.5 Å². The molecule has 0 N–H and O–H groups in total. The maximum atomic E-state index is 14.4. The second kappa shape index (κ2) is 13.6. The summed E-state index contributed by atoms with van der Waals surface area (Å²) in [6.07, 6.45) is 1.81. The van der Waals surface area contributed by atoms with Gasteiger partial charge in [0.2, 0.25) is 0 Å². The predicted molar refractivity (Wildman–Crippen MR) is 177 cm³/mol. The van der Waals surface area contributed by atoms with Crippen molar-refractivity contribution in [3.63, 3.8) is 0 Å². The van der Waals surface area contributed by atoms with Crippen molar-refractivity contribution >= 4 is 34.8 Å². The van der Waals surface area contributed by atoms with E-state index >= 15 is 0 Å². The molecular formula is C35H35N3O7S. The number of rotatable bonds is 9. The first-order chi connectivity index (χ1) is 22.5. The van der Waals surface area contributed by atoms with Crippen molar-refractivity contribution in [1.29, 1.82) is 0 Å². The van der Waals surface area contributed by atoms with Gasteiger partial charge < -0.3 is 28.6 Å². The van der Waals surface area contributed by atoms with E-state index in [1.54, 1.807) is 51.0 Å². The maximum absolute atomic E-state index is 14.4. The van der Waals surface area contributed by atoms with E-state index in [1.165, 1.54) is 11.3 Å². The summed E-state index contributed by atoms with van der Waals surface area (Å²) in [6, 6.07) is 19.8. The highest BCUT2D eigenvalue weighted by atomic mass is 32.1. The van der Waals surface area contributed by atoms with Gasteiger partial charge in [0.15, 0.2) is 4.80 Å². The number of fused-ring (bicyclic) bond motifs is 1. The SMILES string of the molecule is CCOC(=O)C1=C(c2ccccc2)N=c2sc(=Cc3ccc(N4CCOCC4)cc3OC)c(=O)n2C1c1cc(OC)ccc1OC. The summed E-state index contributed by atoms with van der Waals surface area (Å²) in [7, 11) is 4.73. The van der Waals surface area contributed by atoms with E-state index in [-0.39, 0.29) is 17.7 Å². The normalized spacial score (nSPS) is 16.5. The standard InChI is InChI=1S/C35H35N3O7S/c1-5-45-34(40)30-31(22-9-7-6-8-10-22)36-35-38(32(30)26-21-25(41-2)13-14-27(26)42-3)33(39)29(46-35)19-23-11-12-24(20-28(23)43-4)37-15-17-44-18-16-37/h6-14,19-21,32H,5,15-18H2,1-4H3. The molecule has 0 bridgehead atoms. The molecule has 1 saturated heterocycles. The Morgan fingerprint density at radius 1 is 0.978 bits per heavy atom. The first kappa shape index (κ1) is 31.1. The third kappa shape index (κ3) is 5.91. The summed E-state index contributed by atoms with van der Waals surface area (Å²) >= 11 is 1.24. The monoisotopic (exact) mass is 641 g/mol. The molecule has 2 aliphatic rings. The number of ether oxygens (including phenoxy) is 5. The first-order valence-corrected chi connectivity index (χ1v) is 15.8. The second-order valence-electron chi connectivity index (χ2n) is 10.6. The van der Waals surface area contributed by atoms with Crippen LogP contribution in [0.1, 0.15) is 29.7 Å². The molecule has 46 heavy (non-hydrogen) atoms. The average Bonchev–Trinajstić information content (AvgIpc) is 3.42. The van der Waals surface area contributed by atoms with Gasteiger partial charge in [0.25, 0.3) is 5.56 Å². The molecule has 3 heterocycles. The van der Waals surface area contributed by atoms with Gasteiger partial charge in [-0.05, 0) is 43.3 Å². The first-order valence-electron chi connectivity index (χ1n) is 15.0. The molecule has 1 aromatic heterocycles. The van der Waals surface area contributed by atoms with Gasteiger partial charge in [-0.2, -0.15) is 0 Å². The van der Waals surface area contributed by atoms with Gasteiger partial charge >= 0.3 is 5.97 Å². The molecule has 1 fully saturated rings. The molecule has 1 unspecified atom stereocenters. The number of hydrogen-bond donors (Lipinski definition) is 0. The lowest BCUT2D eigenvalue weighted by molar-refractivity contribution is -0.138. The molecule has 4 aromatic rings. The topological polar surface area (TPSA) is 101 Å². The number of esters is 1. The van der Waals surface area contributed by atoms with Crippen molar-refractivity contribution in [1.82, 2.24) is 4.57 Å². The summed E-state index contributed by atoms with van der Waals surface area (Å²) in [5, 5.41) is 0. The smallest absolute Gasteiger partial charge is 0.338 e. The van der Waals surface area contributed by atoms with Crippen molar-refractivity contribution in [3.05, 3.63) is 109 Å². The van der Waals surface area contributed by atoms with E-state index in [1.807, 2.05) is 54.6 Å². The average molecular weight is 642 g/mol. The molecule has 10 nitrogen and oxygen atoms in total. The third-order valence-corrected chi connectivity index (χ3v) is 8.97. The molecule has 0 spiro atoms. The van der Waals surface area contributed by atoms with Gasteiger partial charge in [0.1, 0.15) is 23.3 Å². The van der Waals surface area contributed by atoms with Crippen molar-refractivity contribution in [2.45, 2.75) is 13.0 Å². The lowest BCUT2D eigenvalue weighted by atomic mass is 9.92. The number of carbonyl (C=O) groups excluding carboxylic acids is 1. The summed E-state index contributed by atoms with van der Waals surface area (Å²) in [4.78, 5) is 35.8. The minimum absolute atomic E-state index is 0.150. The minimum atomic E-state index is -0.914. The number of hydrogen-bond acceptors (Lipinski definition) is 10. The fraction of sp³-hybridized carbons (Fsp3) is 0.286. The Morgan fingerprint density at radius 2 is 1.74 bits per heavy atom. The molecule has 0 radical (unpaired) electrons. The van der Waals surface area contributed by atoms with Crippen LogP contribution in [0.2, 0.25) is 0 Å². The maximum Gasteiger partial charge on any atom is 0.338 e. The predicted octanol–water partition coefficient (Wildman–Crippen LogP) is 3.80. The Bertz CT molecular complexity index is 1960. The summed E-state index contributed by atoms with van der Waals surface area (Å²) in [6.45, 7) is 4.82. The van der Waals surface area contributed by atoms with Gasteiger partial charge in [-0.1, -0.05) is 41.7 Å². The highest BCUT2D eigenvalue weighted by Crippen LogP contribution is 2.40. The van der Waals surface area contributed by atoms with Crippen LogP contribution < -0.4 is 34.0 Å². The number of aromatic nitrogens is 1. The Balaban J connectivity index is 1.60. The zero-order chi connectivity index (χ0) is 32.2. The summed E-state index contributed by atoms with van der Waals surface area (Å²) in [5.41, 5.74) is 3.39. The number of benzene rings is 3. The van der Waals surface area contributed by atoms with Crippen molar-refractivity contribution in [3.8, 4) is 17.2 Å². The van der Waals surface area contributed by atoms with Crippen LogP contribution >= 0.6 is 11.3 Å². The second-order valence-corrected chi connectivity index (χ2v) is 11.6. The van der Waals surface area contributed by atoms with Gasteiger partial charge in [0, 0.05) is 41.5 Å². The Hall–Kier alpha value is -4.87.